The van der Waals surface area contributed by atoms with Gasteiger partial charge in [0.1, 0.15) is 5.69 Å². The van der Waals surface area contributed by atoms with Crippen LogP contribution >= 0.6 is 23.5 Å². The number of rotatable bonds is 2. The summed E-state index contributed by atoms with van der Waals surface area (Å²) in [5, 5.41) is 4.54. The fourth-order valence-corrected chi connectivity index (χ4v) is 4.39. The highest BCUT2D eigenvalue weighted by Gasteiger charge is 2.30. The van der Waals surface area contributed by atoms with E-state index in [4.69, 9.17) is 0 Å². The summed E-state index contributed by atoms with van der Waals surface area (Å²) in [6.07, 6.45) is 1.68. The van der Waals surface area contributed by atoms with Crippen molar-refractivity contribution in [3.63, 3.8) is 0 Å². The lowest BCUT2D eigenvalue weighted by Gasteiger charge is -2.26. The van der Waals surface area contributed by atoms with Gasteiger partial charge in [0.05, 0.1) is 5.25 Å². The zero-order chi connectivity index (χ0) is 10.8. The molecule has 0 aliphatic carbocycles. The largest absolute Gasteiger partial charge is 0.291 e. The Morgan fingerprint density at radius 1 is 1.53 bits per heavy atom. The molecule has 2 heterocycles. The van der Waals surface area contributed by atoms with Crippen molar-refractivity contribution in [2.24, 2.45) is 7.05 Å². The molecule has 1 aromatic rings. The molecule has 0 radical (unpaired) electrons. The summed E-state index contributed by atoms with van der Waals surface area (Å²) in [6, 6.07) is 1.80. The van der Waals surface area contributed by atoms with E-state index in [1.807, 2.05) is 18.8 Å². The average molecular weight is 242 g/mol. The first-order valence-corrected chi connectivity index (χ1v) is 7.05. The molecule has 2 rings (SSSR count). The molecule has 5 heteroatoms. The number of ketones is 1. The first-order valence-electron chi connectivity index (χ1n) is 4.95. The third-order valence-corrected chi connectivity index (χ3v) is 5.61. The predicted molar refractivity (Wildman–Crippen MR) is 65.7 cm³/mol. The second-order valence-corrected chi connectivity index (χ2v) is 6.31. The summed E-state index contributed by atoms with van der Waals surface area (Å²) >= 11 is 3.66. The number of carbonyl (C=O) groups is 1. The highest BCUT2D eigenvalue weighted by atomic mass is 32.2. The molecule has 1 aromatic heterocycles. The summed E-state index contributed by atoms with van der Waals surface area (Å²) < 4.78 is 1.66. The van der Waals surface area contributed by atoms with Crippen LogP contribution in [0.4, 0.5) is 0 Å². The SMILES string of the molecule is CC1SCCSC1C(=O)c1ccnn1C. The monoisotopic (exact) mass is 242 g/mol. The zero-order valence-corrected chi connectivity index (χ0v) is 10.5. The minimum atomic E-state index is 0.0964. The lowest BCUT2D eigenvalue weighted by molar-refractivity contribution is 0.0980. The van der Waals surface area contributed by atoms with Gasteiger partial charge in [-0.25, -0.2) is 0 Å². The maximum Gasteiger partial charge on any atom is 0.194 e. The van der Waals surface area contributed by atoms with Crippen molar-refractivity contribution in [3.8, 4) is 0 Å². The maximum atomic E-state index is 12.2. The van der Waals surface area contributed by atoms with E-state index in [1.54, 1.807) is 28.7 Å². The van der Waals surface area contributed by atoms with Gasteiger partial charge in [-0.15, -0.1) is 11.8 Å². The summed E-state index contributed by atoms with van der Waals surface area (Å²) in [7, 11) is 1.82. The van der Waals surface area contributed by atoms with Crippen LogP contribution < -0.4 is 0 Å². The van der Waals surface area contributed by atoms with Gasteiger partial charge in [-0.05, 0) is 6.07 Å². The first-order chi connectivity index (χ1) is 7.20. The average Bonchev–Trinajstić information content (AvgIpc) is 2.64. The summed E-state index contributed by atoms with van der Waals surface area (Å²) in [6.45, 7) is 2.13. The van der Waals surface area contributed by atoms with Gasteiger partial charge in [0.25, 0.3) is 0 Å². The number of Topliss-reactive ketones (excluding diaryl/α,β-unsaturated/α-hetero) is 1. The number of hydrogen-bond donors (Lipinski definition) is 0. The Kier molecular flexibility index (Phi) is 3.41. The van der Waals surface area contributed by atoms with Gasteiger partial charge in [0.15, 0.2) is 5.78 Å². The number of aromatic nitrogens is 2. The van der Waals surface area contributed by atoms with Gasteiger partial charge < -0.3 is 0 Å². The highest BCUT2D eigenvalue weighted by molar-refractivity contribution is 8.07. The Hall–Kier alpha value is -0.420. The number of carbonyl (C=O) groups excluding carboxylic acids is 1. The normalized spacial score (nSPS) is 26.5. The van der Waals surface area contributed by atoms with E-state index in [2.05, 4.69) is 12.0 Å². The third-order valence-electron chi connectivity index (χ3n) is 2.52. The van der Waals surface area contributed by atoms with Crippen molar-refractivity contribution in [1.29, 1.82) is 0 Å². The van der Waals surface area contributed by atoms with Gasteiger partial charge in [-0.1, -0.05) is 6.92 Å². The summed E-state index contributed by atoms with van der Waals surface area (Å²) in [4.78, 5) is 12.2. The molecule has 0 amide bonds. The van der Waals surface area contributed by atoms with Crippen LogP contribution in [0.3, 0.4) is 0 Å². The van der Waals surface area contributed by atoms with Crippen molar-refractivity contribution in [1.82, 2.24) is 9.78 Å². The van der Waals surface area contributed by atoms with Crippen LogP contribution in [0, 0.1) is 0 Å². The molecule has 1 fully saturated rings. The number of nitrogens with zero attached hydrogens (tertiary/aromatic N) is 2. The molecule has 0 aromatic carbocycles. The molecule has 1 saturated heterocycles. The van der Waals surface area contributed by atoms with Crippen LogP contribution in [0.1, 0.15) is 17.4 Å². The van der Waals surface area contributed by atoms with Crippen LogP contribution in [-0.4, -0.2) is 37.6 Å². The van der Waals surface area contributed by atoms with Crippen LogP contribution in [0.5, 0.6) is 0 Å². The van der Waals surface area contributed by atoms with Gasteiger partial charge in [0.2, 0.25) is 0 Å². The second-order valence-electron chi connectivity index (χ2n) is 3.57. The quantitative estimate of drug-likeness (QED) is 0.741. The van der Waals surface area contributed by atoms with E-state index in [0.29, 0.717) is 5.25 Å². The van der Waals surface area contributed by atoms with Crippen molar-refractivity contribution in [2.45, 2.75) is 17.4 Å². The Morgan fingerprint density at radius 3 is 2.87 bits per heavy atom. The fourth-order valence-electron chi connectivity index (χ4n) is 1.68. The minimum Gasteiger partial charge on any atom is -0.291 e. The Bertz CT molecular complexity index is 364. The highest BCUT2D eigenvalue weighted by Crippen LogP contribution is 2.32. The van der Waals surface area contributed by atoms with Crippen molar-refractivity contribution in [2.75, 3.05) is 11.5 Å². The zero-order valence-electron chi connectivity index (χ0n) is 8.84. The first kappa shape index (κ1) is 11.1. The Balaban J connectivity index is 2.17. The van der Waals surface area contributed by atoms with E-state index in [1.165, 1.54) is 0 Å². The molecule has 0 saturated carbocycles. The standard InChI is InChI=1S/C10H14N2OS2/c1-7-10(15-6-5-14-7)9(13)8-3-4-11-12(8)2/h3-4,7,10H,5-6H2,1-2H3. The minimum absolute atomic E-state index is 0.0964. The molecule has 0 bridgehead atoms. The smallest absolute Gasteiger partial charge is 0.194 e. The van der Waals surface area contributed by atoms with Gasteiger partial charge >= 0.3 is 0 Å². The summed E-state index contributed by atoms with van der Waals surface area (Å²) in [5.74, 6) is 2.45. The lowest BCUT2D eigenvalue weighted by Crippen LogP contribution is -2.32. The second kappa shape index (κ2) is 4.61. The van der Waals surface area contributed by atoms with E-state index in [9.17, 15) is 4.79 Å². The van der Waals surface area contributed by atoms with Gasteiger partial charge in [0, 0.05) is 30.0 Å². The van der Waals surface area contributed by atoms with Crippen LogP contribution in [-0.2, 0) is 7.05 Å². The van der Waals surface area contributed by atoms with E-state index in [-0.39, 0.29) is 11.0 Å². The molecule has 2 atom stereocenters. The fraction of sp³-hybridized carbons (Fsp3) is 0.600. The molecule has 3 nitrogen and oxygen atoms in total. The van der Waals surface area contributed by atoms with Gasteiger partial charge in [-0.3, -0.25) is 9.48 Å². The van der Waals surface area contributed by atoms with Crippen LogP contribution in [0.2, 0.25) is 0 Å². The molecule has 82 valence electrons. The predicted octanol–water partition coefficient (Wildman–Crippen LogP) is 1.84. The number of thioether (sulfide) groups is 2. The Labute approximate surface area is 98.0 Å². The Morgan fingerprint density at radius 2 is 2.27 bits per heavy atom. The summed E-state index contributed by atoms with van der Waals surface area (Å²) in [5.41, 5.74) is 0.724. The number of aryl methyl sites for hydroxylation is 1. The maximum absolute atomic E-state index is 12.2. The van der Waals surface area contributed by atoms with Crippen LogP contribution in [0.25, 0.3) is 0 Å². The molecule has 0 spiro atoms. The molecule has 1 aliphatic heterocycles. The molecular weight excluding hydrogens is 228 g/mol. The van der Waals surface area contributed by atoms with Crippen molar-refractivity contribution in [3.05, 3.63) is 18.0 Å². The molecule has 1 aliphatic rings. The van der Waals surface area contributed by atoms with E-state index < -0.39 is 0 Å². The third kappa shape index (κ3) is 2.23. The van der Waals surface area contributed by atoms with E-state index in [0.717, 1.165) is 17.2 Å². The topological polar surface area (TPSA) is 34.9 Å². The van der Waals surface area contributed by atoms with Crippen LogP contribution in [0.15, 0.2) is 12.3 Å². The van der Waals surface area contributed by atoms with Crippen molar-refractivity contribution >= 4 is 29.3 Å². The molecular formula is C10H14N2OS2. The molecule has 0 N–H and O–H groups in total. The van der Waals surface area contributed by atoms with Gasteiger partial charge in [-0.2, -0.15) is 16.9 Å². The van der Waals surface area contributed by atoms with Crippen molar-refractivity contribution < 1.29 is 4.79 Å². The molecule has 2 unspecified atom stereocenters. The lowest BCUT2D eigenvalue weighted by atomic mass is 10.1. The van der Waals surface area contributed by atoms with E-state index >= 15 is 0 Å². The molecule has 15 heavy (non-hydrogen) atoms. The number of hydrogen-bond acceptors (Lipinski definition) is 4.